The zero-order chi connectivity index (χ0) is 14.8. The second-order valence-electron chi connectivity index (χ2n) is 4.21. The van der Waals surface area contributed by atoms with Crippen LogP contribution in [0.25, 0.3) is 0 Å². The highest BCUT2D eigenvalue weighted by Crippen LogP contribution is 2.24. The molecule has 2 aromatic rings. The number of para-hydroxylation sites is 1. The van der Waals surface area contributed by atoms with Crippen LogP contribution in [0.1, 0.15) is 18.6 Å². The van der Waals surface area contributed by atoms with Gasteiger partial charge in [-0.1, -0.05) is 18.2 Å². The van der Waals surface area contributed by atoms with Gasteiger partial charge in [-0.05, 0) is 19.1 Å². The van der Waals surface area contributed by atoms with Crippen LogP contribution in [-0.2, 0) is 10.0 Å². The first kappa shape index (κ1) is 14.4. The molecule has 1 heterocycles. The van der Waals surface area contributed by atoms with E-state index in [2.05, 4.69) is 9.71 Å². The third kappa shape index (κ3) is 3.12. The van der Waals surface area contributed by atoms with Crippen LogP contribution in [-0.4, -0.2) is 18.5 Å². The molecule has 0 fully saturated rings. The van der Waals surface area contributed by atoms with Gasteiger partial charge in [0.05, 0.1) is 18.0 Å². The van der Waals surface area contributed by atoms with E-state index in [1.54, 1.807) is 18.2 Å². The average Bonchev–Trinajstić information content (AvgIpc) is 2.38. The van der Waals surface area contributed by atoms with Crippen LogP contribution in [0.5, 0.6) is 0 Å². The smallest absolute Gasteiger partial charge is 0.263 e. The first-order chi connectivity index (χ1) is 9.40. The molecule has 0 saturated carbocycles. The predicted octanol–water partition coefficient (Wildman–Crippen LogP) is 2.07. The van der Waals surface area contributed by atoms with Crippen molar-refractivity contribution in [2.24, 2.45) is 0 Å². The van der Waals surface area contributed by atoms with Crippen molar-refractivity contribution in [2.75, 3.05) is 4.72 Å². The van der Waals surface area contributed by atoms with Gasteiger partial charge in [-0.2, -0.15) is 0 Å². The predicted molar refractivity (Wildman–Crippen MR) is 72.1 cm³/mol. The van der Waals surface area contributed by atoms with E-state index >= 15 is 0 Å². The minimum atomic E-state index is -3.96. The largest absolute Gasteiger partial charge is 0.389 e. The van der Waals surface area contributed by atoms with Gasteiger partial charge in [0.25, 0.3) is 10.0 Å². The minimum Gasteiger partial charge on any atom is -0.389 e. The molecule has 0 amide bonds. The summed E-state index contributed by atoms with van der Waals surface area (Å²) in [4.78, 5) is 3.23. The number of aliphatic hydroxyl groups excluding tert-OH is 1. The van der Waals surface area contributed by atoms with E-state index < -0.39 is 21.9 Å². The van der Waals surface area contributed by atoms with Crippen molar-refractivity contribution in [3.05, 3.63) is 54.1 Å². The van der Waals surface area contributed by atoms with Crippen LogP contribution in [0, 0.1) is 5.82 Å². The van der Waals surface area contributed by atoms with E-state index in [0.717, 1.165) is 18.5 Å². The molecule has 2 N–H and O–H groups in total. The van der Waals surface area contributed by atoms with Crippen LogP contribution in [0.4, 0.5) is 10.1 Å². The molecule has 0 radical (unpaired) electrons. The third-order valence-electron chi connectivity index (χ3n) is 2.65. The number of benzene rings is 1. The Kier molecular flexibility index (Phi) is 4.01. The Morgan fingerprint density at radius 2 is 2.00 bits per heavy atom. The van der Waals surface area contributed by atoms with E-state index in [-0.39, 0.29) is 10.6 Å². The monoisotopic (exact) mass is 296 g/mol. The molecule has 1 aromatic heterocycles. The van der Waals surface area contributed by atoms with Crippen molar-refractivity contribution in [3.8, 4) is 0 Å². The van der Waals surface area contributed by atoms with Crippen LogP contribution in [0.2, 0.25) is 0 Å². The molecule has 1 atom stereocenters. The molecule has 5 nitrogen and oxygen atoms in total. The summed E-state index contributed by atoms with van der Waals surface area (Å²) in [5.41, 5.74) is 0.673. The molecule has 7 heteroatoms. The van der Waals surface area contributed by atoms with Crippen molar-refractivity contribution in [1.29, 1.82) is 0 Å². The Bertz CT molecular complexity index is 717. The fraction of sp³-hybridized carbons (Fsp3) is 0.154. The Balaban J connectivity index is 2.39. The first-order valence-corrected chi connectivity index (χ1v) is 7.29. The molecule has 106 valence electrons. The highest BCUT2D eigenvalue weighted by molar-refractivity contribution is 7.92. The van der Waals surface area contributed by atoms with Crippen molar-refractivity contribution in [3.63, 3.8) is 0 Å². The number of nitrogens with zero attached hydrogens (tertiary/aromatic N) is 1. The number of nitrogens with one attached hydrogen (secondary N) is 1. The Labute approximate surface area is 116 Å². The third-order valence-corrected chi connectivity index (χ3v) is 3.98. The number of sulfonamides is 1. The first-order valence-electron chi connectivity index (χ1n) is 5.80. The van der Waals surface area contributed by atoms with Gasteiger partial charge in [-0.25, -0.2) is 12.8 Å². The van der Waals surface area contributed by atoms with Crippen molar-refractivity contribution in [1.82, 2.24) is 4.98 Å². The lowest BCUT2D eigenvalue weighted by molar-refractivity contribution is 0.200. The minimum absolute atomic E-state index is 0.242. The van der Waals surface area contributed by atoms with E-state index in [4.69, 9.17) is 0 Å². The van der Waals surface area contributed by atoms with Crippen LogP contribution < -0.4 is 4.72 Å². The maximum atomic E-state index is 13.0. The molecule has 1 unspecified atom stereocenters. The zero-order valence-electron chi connectivity index (χ0n) is 10.6. The zero-order valence-corrected chi connectivity index (χ0v) is 11.4. The number of hydrogen-bond acceptors (Lipinski definition) is 4. The summed E-state index contributed by atoms with van der Waals surface area (Å²) in [5.74, 6) is -0.739. The van der Waals surface area contributed by atoms with Gasteiger partial charge in [0, 0.05) is 11.8 Å². The second kappa shape index (κ2) is 5.56. The Morgan fingerprint density at radius 3 is 2.65 bits per heavy atom. The molecule has 1 aromatic carbocycles. The van der Waals surface area contributed by atoms with Gasteiger partial charge < -0.3 is 5.11 Å². The van der Waals surface area contributed by atoms with Gasteiger partial charge in [0.2, 0.25) is 0 Å². The van der Waals surface area contributed by atoms with Gasteiger partial charge >= 0.3 is 0 Å². The molecule has 0 bridgehead atoms. The lowest BCUT2D eigenvalue weighted by atomic mass is 10.1. The summed E-state index contributed by atoms with van der Waals surface area (Å²) in [6.07, 6.45) is 1.14. The standard InChI is InChI=1S/C13H13FN2O3S/c1-9(17)12-4-2-3-5-13(12)16-20(18,19)11-6-10(14)7-15-8-11/h2-9,16-17H,1H3. The normalized spacial score (nSPS) is 12.9. The lowest BCUT2D eigenvalue weighted by Crippen LogP contribution is -2.15. The number of pyridine rings is 1. The van der Waals surface area contributed by atoms with Gasteiger partial charge in [0.1, 0.15) is 10.7 Å². The van der Waals surface area contributed by atoms with Crippen LogP contribution in [0.3, 0.4) is 0 Å². The number of hydrogen-bond donors (Lipinski definition) is 2. The fourth-order valence-corrected chi connectivity index (χ4v) is 2.76. The fourth-order valence-electron chi connectivity index (χ4n) is 1.70. The van der Waals surface area contributed by atoms with Crippen LogP contribution >= 0.6 is 0 Å². The van der Waals surface area contributed by atoms with E-state index in [1.807, 2.05) is 0 Å². The maximum Gasteiger partial charge on any atom is 0.263 e. The van der Waals surface area contributed by atoms with Crippen molar-refractivity contribution >= 4 is 15.7 Å². The Morgan fingerprint density at radius 1 is 1.30 bits per heavy atom. The quantitative estimate of drug-likeness (QED) is 0.905. The van der Waals surface area contributed by atoms with E-state index in [0.29, 0.717) is 5.56 Å². The molecular formula is C13H13FN2O3S. The SMILES string of the molecule is CC(O)c1ccccc1NS(=O)(=O)c1cncc(F)c1. The highest BCUT2D eigenvalue weighted by Gasteiger charge is 2.18. The topological polar surface area (TPSA) is 79.3 Å². The summed E-state index contributed by atoms with van der Waals surface area (Å²) >= 11 is 0. The summed E-state index contributed by atoms with van der Waals surface area (Å²) < 4.78 is 39.6. The number of halogens is 1. The van der Waals surface area contributed by atoms with Crippen molar-refractivity contribution < 1.29 is 17.9 Å². The molecule has 2 rings (SSSR count). The van der Waals surface area contributed by atoms with Crippen molar-refractivity contribution in [2.45, 2.75) is 17.9 Å². The van der Waals surface area contributed by atoms with Gasteiger partial charge in [-0.3, -0.25) is 9.71 Å². The Hall–Kier alpha value is -1.99. The summed E-state index contributed by atoms with van der Waals surface area (Å²) in [6.45, 7) is 1.52. The number of anilines is 1. The molecule has 0 aliphatic rings. The molecular weight excluding hydrogens is 283 g/mol. The second-order valence-corrected chi connectivity index (χ2v) is 5.89. The highest BCUT2D eigenvalue weighted by atomic mass is 32.2. The number of aromatic nitrogens is 1. The van der Waals surface area contributed by atoms with Gasteiger partial charge in [0.15, 0.2) is 0 Å². The van der Waals surface area contributed by atoms with E-state index in [1.165, 1.54) is 13.0 Å². The number of aliphatic hydroxyl groups is 1. The molecule has 0 aliphatic heterocycles. The molecule has 0 aliphatic carbocycles. The lowest BCUT2D eigenvalue weighted by Gasteiger charge is -2.14. The number of rotatable bonds is 4. The molecule has 0 saturated heterocycles. The molecule has 0 spiro atoms. The summed E-state index contributed by atoms with van der Waals surface area (Å²) in [6, 6.07) is 7.32. The maximum absolute atomic E-state index is 13.0. The summed E-state index contributed by atoms with van der Waals surface area (Å²) in [5, 5.41) is 9.61. The van der Waals surface area contributed by atoms with Gasteiger partial charge in [-0.15, -0.1) is 0 Å². The summed E-state index contributed by atoms with van der Waals surface area (Å²) in [7, 11) is -3.96. The van der Waals surface area contributed by atoms with E-state index in [9.17, 15) is 17.9 Å². The van der Waals surface area contributed by atoms with Crippen LogP contribution in [0.15, 0.2) is 47.6 Å². The molecule has 20 heavy (non-hydrogen) atoms. The average molecular weight is 296 g/mol.